The van der Waals surface area contributed by atoms with Gasteiger partial charge in [-0.25, -0.2) is 0 Å². The van der Waals surface area contributed by atoms with E-state index in [1.807, 2.05) is 0 Å². The number of ether oxygens (including phenoxy) is 6. The van der Waals surface area contributed by atoms with Crippen LogP contribution in [0.4, 0.5) is 0 Å². The summed E-state index contributed by atoms with van der Waals surface area (Å²) < 4.78 is 36.9. The molecule has 3 saturated heterocycles. The quantitative estimate of drug-likeness (QED) is 0.0924. The van der Waals surface area contributed by atoms with E-state index in [1.54, 1.807) is 13.8 Å². The second-order valence-corrected chi connectivity index (χ2v) is 23.5. The Bertz CT molecular complexity index is 1700. The summed E-state index contributed by atoms with van der Waals surface area (Å²) in [6, 6.07) is 0. The van der Waals surface area contributed by atoms with Crippen molar-refractivity contribution in [2.24, 2.45) is 50.7 Å². The van der Waals surface area contributed by atoms with E-state index in [4.69, 9.17) is 28.4 Å². The van der Waals surface area contributed by atoms with Crippen LogP contribution < -0.4 is 0 Å². The van der Waals surface area contributed by atoms with E-state index < -0.39 is 140 Å². The maximum Gasteiger partial charge on any atom is 0.187 e. The first-order valence-corrected chi connectivity index (χ1v) is 24.4. The molecule has 0 unspecified atom stereocenters. The molecule has 0 amide bonds. The zero-order valence-corrected chi connectivity index (χ0v) is 39.5. The molecular weight excluding hydrogens is 868 g/mol. The highest BCUT2D eigenvalue weighted by Crippen LogP contribution is 2.89. The van der Waals surface area contributed by atoms with Crippen LogP contribution in [0.5, 0.6) is 0 Å². The standard InChI is InChI=1S/C47H80O19/c1-20(8-9-27(52)43(4,5)60)29-23(62-40-36(59)33(56)31(54)24(16-48)63-40)15-45(7)26-14-21(50)38-42(2,3)28(10-11-47(38)19-46(26,47)13-12-44(29,45)6)65-41-37(34(57)32(55)25(17-49)64-41)66-39-35(58)30(53)22(51)18-61-39/h20-41,48-60H,8-19H2,1-7H3/t20-,21+,22+,23+,24-,25-,26+,27-,28+,29+,30+,31-,32-,33+,34+,35-,36-,37-,38+,39+,40-,41+,44-,45+,46+,47-/m1/s1. The van der Waals surface area contributed by atoms with Crippen molar-refractivity contribution in [1.82, 2.24) is 0 Å². The Hall–Kier alpha value is -0.760. The Morgan fingerprint density at radius 3 is 1.92 bits per heavy atom. The van der Waals surface area contributed by atoms with Gasteiger partial charge < -0.3 is 94.8 Å². The molecule has 0 bridgehead atoms. The molecule has 5 saturated carbocycles. The van der Waals surface area contributed by atoms with Crippen LogP contribution in [0.2, 0.25) is 0 Å². The van der Waals surface area contributed by atoms with E-state index in [-0.39, 0.29) is 46.5 Å². The molecule has 19 heteroatoms. The van der Waals surface area contributed by atoms with Crippen molar-refractivity contribution >= 4 is 0 Å². The third-order valence-corrected chi connectivity index (χ3v) is 19.4. The van der Waals surface area contributed by atoms with Crippen LogP contribution in [-0.4, -0.2) is 202 Å². The van der Waals surface area contributed by atoms with Gasteiger partial charge in [-0.15, -0.1) is 0 Å². The van der Waals surface area contributed by atoms with Gasteiger partial charge in [-0.1, -0.05) is 34.6 Å². The predicted molar refractivity (Wildman–Crippen MR) is 228 cm³/mol. The first-order valence-electron chi connectivity index (χ1n) is 24.4. The SMILES string of the molecule is C[C@H](CC[C@@H](O)C(C)(C)O)[C@H]1[C@@H](O[C@@H]2O[C@H](CO)[C@@H](O)[C@H](O)[C@H]2O)C[C@@]2(C)[C@@H]3C[C@H](O)[C@H]4C(C)(C)[C@@H](O[C@@H]5O[C@H](CO)[C@@H](O)[C@H](O)[C@H]5O[C@@H]5OC[C@H](O)[C@H](O)[C@H]5O)CC[C@@]45C[C@@]35CC[C@]12C. The van der Waals surface area contributed by atoms with Crippen LogP contribution in [0.15, 0.2) is 0 Å². The average Bonchev–Trinajstić information content (AvgIpc) is 3.84. The van der Waals surface area contributed by atoms with Gasteiger partial charge in [-0.3, -0.25) is 0 Å². The predicted octanol–water partition coefficient (Wildman–Crippen LogP) is -1.61. The number of aliphatic hydroxyl groups is 13. The molecule has 8 aliphatic rings. The fourth-order valence-electron chi connectivity index (χ4n) is 15.7. The molecule has 66 heavy (non-hydrogen) atoms. The summed E-state index contributed by atoms with van der Waals surface area (Å²) in [6.45, 7) is 12.4. The molecule has 3 heterocycles. The molecule has 0 aromatic heterocycles. The molecular formula is C47H80O19. The van der Waals surface area contributed by atoms with Crippen molar-refractivity contribution in [3.05, 3.63) is 0 Å². The van der Waals surface area contributed by atoms with Gasteiger partial charge in [0, 0.05) is 0 Å². The van der Waals surface area contributed by atoms with Gasteiger partial charge in [0.2, 0.25) is 0 Å². The second-order valence-electron chi connectivity index (χ2n) is 23.5. The summed E-state index contributed by atoms with van der Waals surface area (Å²) in [5.74, 6) is -0.397. The van der Waals surface area contributed by atoms with Crippen LogP contribution in [0.3, 0.4) is 0 Å². The minimum absolute atomic E-state index is 0.0422. The Kier molecular flexibility index (Phi) is 14.1. The molecule has 26 atom stereocenters. The lowest BCUT2D eigenvalue weighted by molar-refractivity contribution is -0.370. The molecule has 5 aliphatic carbocycles. The third kappa shape index (κ3) is 7.98. The van der Waals surface area contributed by atoms with Crippen LogP contribution in [0.25, 0.3) is 0 Å². The lowest BCUT2D eigenvalue weighted by Gasteiger charge is -2.64. The van der Waals surface area contributed by atoms with E-state index in [2.05, 4.69) is 34.6 Å². The van der Waals surface area contributed by atoms with Gasteiger partial charge in [-0.05, 0) is 122 Å². The smallest absolute Gasteiger partial charge is 0.187 e. The highest BCUT2D eigenvalue weighted by atomic mass is 16.8. The fourth-order valence-corrected chi connectivity index (χ4v) is 15.7. The minimum atomic E-state index is -1.70. The van der Waals surface area contributed by atoms with Crippen molar-refractivity contribution in [3.8, 4) is 0 Å². The monoisotopic (exact) mass is 949 g/mol. The van der Waals surface area contributed by atoms with Crippen LogP contribution in [0, 0.1) is 50.7 Å². The molecule has 0 radical (unpaired) electrons. The molecule has 8 rings (SSSR count). The maximum absolute atomic E-state index is 12.7. The molecule has 3 aliphatic heterocycles. The molecule has 19 nitrogen and oxygen atoms in total. The van der Waals surface area contributed by atoms with Crippen molar-refractivity contribution < 1.29 is 94.8 Å². The number of aliphatic hydroxyl groups excluding tert-OH is 12. The van der Waals surface area contributed by atoms with Crippen molar-refractivity contribution in [2.75, 3.05) is 19.8 Å². The number of fused-ring (bicyclic) bond motifs is 2. The zero-order chi connectivity index (χ0) is 48.4. The van der Waals surface area contributed by atoms with Gasteiger partial charge in [0.25, 0.3) is 0 Å². The summed E-state index contributed by atoms with van der Waals surface area (Å²) in [5.41, 5.74) is -3.21. The van der Waals surface area contributed by atoms with E-state index in [9.17, 15) is 66.4 Å². The summed E-state index contributed by atoms with van der Waals surface area (Å²) >= 11 is 0. The van der Waals surface area contributed by atoms with E-state index >= 15 is 0 Å². The van der Waals surface area contributed by atoms with Gasteiger partial charge >= 0.3 is 0 Å². The van der Waals surface area contributed by atoms with Crippen LogP contribution in [-0.2, 0) is 28.4 Å². The van der Waals surface area contributed by atoms with Crippen molar-refractivity contribution in [1.29, 1.82) is 0 Å². The highest BCUT2D eigenvalue weighted by molar-refractivity contribution is 5.32. The largest absolute Gasteiger partial charge is 0.394 e. The van der Waals surface area contributed by atoms with Gasteiger partial charge in [0.15, 0.2) is 18.9 Å². The van der Waals surface area contributed by atoms with Gasteiger partial charge in [0.1, 0.15) is 67.1 Å². The summed E-state index contributed by atoms with van der Waals surface area (Å²) in [4.78, 5) is 0. The highest BCUT2D eigenvalue weighted by Gasteiger charge is 2.84. The Morgan fingerprint density at radius 1 is 0.667 bits per heavy atom. The van der Waals surface area contributed by atoms with Crippen LogP contribution in [0.1, 0.15) is 106 Å². The number of hydrogen-bond donors (Lipinski definition) is 13. The molecule has 2 spiro atoms. The summed E-state index contributed by atoms with van der Waals surface area (Å²) in [5, 5.41) is 140. The average molecular weight is 949 g/mol. The minimum Gasteiger partial charge on any atom is -0.394 e. The first-order chi connectivity index (χ1) is 30.7. The zero-order valence-electron chi connectivity index (χ0n) is 39.5. The van der Waals surface area contributed by atoms with Crippen molar-refractivity contribution in [2.45, 2.75) is 222 Å². The van der Waals surface area contributed by atoms with E-state index in [1.165, 1.54) is 0 Å². The van der Waals surface area contributed by atoms with E-state index in [0.717, 1.165) is 19.3 Å². The first kappa shape index (κ1) is 51.6. The van der Waals surface area contributed by atoms with Gasteiger partial charge in [0.05, 0.1) is 49.8 Å². The number of hydrogen-bond acceptors (Lipinski definition) is 19. The summed E-state index contributed by atoms with van der Waals surface area (Å²) in [6.07, 6.45) is -17.9. The maximum atomic E-state index is 12.7. The Labute approximate surface area is 386 Å². The fraction of sp³-hybridized carbons (Fsp3) is 1.00. The topological polar surface area (TPSA) is 318 Å². The second kappa shape index (κ2) is 18.1. The van der Waals surface area contributed by atoms with E-state index in [0.29, 0.717) is 38.5 Å². The molecule has 0 aromatic carbocycles. The molecule has 0 aromatic rings. The van der Waals surface area contributed by atoms with Crippen molar-refractivity contribution in [3.63, 3.8) is 0 Å². The molecule has 13 N–H and O–H groups in total. The Balaban J connectivity index is 1.06. The molecule has 382 valence electrons. The normalized spacial score (nSPS) is 54.4. The number of rotatable bonds is 13. The summed E-state index contributed by atoms with van der Waals surface area (Å²) in [7, 11) is 0. The van der Waals surface area contributed by atoms with Crippen LogP contribution >= 0.6 is 0 Å². The Morgan fingerprint density at radius 2 is 1.29 bits per heavy atom. The molecule has 8 fully saturated rings. The third-order valence-electron chi connectivity index (χ3n) is 19.4. The lowest BCUT2D eigenvalue weighted by atomic mass is 9.41. The lowest BCUT2D eigenvalue weighted by Crippen LogP contribution is -2.65. The van der Waals surface area contributed by atoms with Gasteiger partial charge in [-0.2, -0.15) is 0 Å².